The normalized spacial score (nSPS) is 19.3. The number of benzene rings is 3. The van der Waals surface area contributed by atoms with E-state index < -0.39 is 12.1 Å². The van der Waals surface area contributed by atoms with E-state index in [2.05, 4.69) is 11.1 Å². The number of hydrogen-bond donors (Lipinski definition) is 1. The Bertz CT molecular complexity index is 1480. The highest BCUT2D eigenvalue weighted by Crippen LogP contribution is 2.43. The van der Waals surface area contributed by atoms with Gasteiger partial charge in [0.25, 0.3) is 0 Å². The Balaban J connectivity index is 1.44. The third-order valence-electron chi connectivity index (χ3n) is 7.26. The fourth-order valence-corrected chi connectivity index (χ4v) is 5.61. The third kappa shape index (κ3) is 3.59. The molecule has 0 spiro atoms. The Morgan fingerprint density at radius 1 is 0.917 bits per heavy atom. The Hall–Kier alpha value is -4.26. The lowest BCUT2D eigenvalue weighted by Crippen LogP contribution is -2.62. The second-order valence-electron chi connectivity index (χ2n) is 9.31. The van der Waals surface area contributed by atoms with E-state index in [1.165, 1.54) is 0 Å². The molecule has 4 aromatic rings. The number of H-pyrrole nitrogens is 1. The number of ether oxygens (including phenoxy) is 2. The number of nitrogens with one attached hydrogen (secondary N) is 1. The van der Waals surface area contributed by atoms with Gasteiger partial charge < -0.3 is 24.3 Å². The van der Waals surface area contributed by atoms with Crippen molar-refractivity contribution in [3.8, 4) is 11.5 Å². The van der Waals surface area contributed by atoms with Gasteiger partial charge in [-0.3, -0.25) is 9.59 Å². The molecule has 0 saturated carbocycles. The Morgan fingerprint density at radius 2 is 1.67 bits per heavy atom. The van der Waals surface area contributed by atoms with Gasteiger partial charge in [0.2, 0.25) is 11.8 Å². The van der Waals surface area contributed by atoms with Crippen LogP contribution in [-0.4, -0.2) is 53.4 Å². The lowest BCUT2D eigenvalue weighted by molar-refractivity contribution is -0.159. The second-order valence-corrected chi connectivity index (χ2v) is 9.31. The fraction of sp³-hybridized carbons (Fsp3) is 0.241. The van der Waals surface area contributed by atoms with Crippen LogP contribution in [0, 0.1) is 0 Å². The number of piperazine rings is 1. The van der Waals surface area contributed by atoms with Crippen molar-refractivity contribution in [3.63, 3.8) is 0 Å². The van der Waals surface area contributed by atoms with Crippen molar-refractivity contribution < 1.29 is 19.1 Å². The molecule has 0 radical (unpaired) electrons. The molecule has 7 nitrogen and oxygen atoms in total. The van der Waals surface area contributed by atoms with Crippen LogP contribution >= 0.6 is 0 Å². The van der Waals surface area contributed by atoms with Crippen molar-refractivity contribution in [1.82, 2.24) is 14.8 Å². The summed E-state index contributed by atoms with van der Waals surface area (Å²) in [5, 5.41) is 1.09. The summed E-state index contributed by atoms with van der Waals surface area (Å²) < 4.78 is 10.8. The first-order chi connectivity index (χ1) is 17.6. The van der Waals surface area contributed by atoms with Crippen molar-refractivity contribution >= 4 is 22.7 Å². The van der Waals surface area contributed by atoms with Gasteiger partial charge in [0.05, 0.1) is 20.3 Å². The Morgan fingerprint density at radius 3 is 2.47 bits per heavy atom. The maximum absolute atomic E-state index is 13.9. The highest BCUT2D eigenvalue weighted by Gasteiger charge is 2.48. The summed E-state index contributed by atoms with van der Waals surface area (Å²) >= 11 is 0. The molecule has 1 saturated heterocycles. The van der Waals surface area contributed by atoms with E-state index >= 15 is 0 Å². The molecule has 36 heavy (non-hydrogen) atoms. The first kappa shape index (κ1) is 22.2. The molecular formula is C29H27N3O4. The van der Waals surface area contributed by atoms with Gasteiger partial charge in [-0.15, -0.1) is 0 Å². The maximum atomic E-state index is 13.9. The average molecular weight is 482 g/mol. The monoisotopic (exact) mass is 481 g/mol. The van der Waals surface area contributed by atoms with Crippen molar-refractivity contribution in [2.75, 3.05) is 20.8 Å². The van der Waals surface area contributed by atoms with Crippen LogP contribution < -0.4 is 9.47 Å². The van der Waals surface area contributed by atoms with Crippen molar-refractivity contribution in [2.24, 2.45) is 0 Å². The number of amides is 2. The molecule has 0 aliphatic carbocycles. The Labute approximate surface area is 209 Å². The van der Waals surface area contributed by atoms with Crippen LogP contribution in [0.5, 0.6) is 11.5 Å². The first-order valence-electron chi connectivity index (χ1n) is 12.0. The number of carbonyl (C=O) groups is 2. The third-order valence-corrected chi connectivity index (χ3v) is 7.26. The molecule has 2 aliphatic rings. The van der Waals surface area contributed by atoms with E-state index in [4.69, 9.17) is 9.47 Å². The van der Waals surface area contributed by atoms with Gasteiger partial charge in [-0.2, -0.15) is 0 Å². The molecule has 2 amide bonds. The van der Waals surface area contributed by atoms with Crippen molar-refractivity contribution in [2.45, 2.75) is 25.0 Å². The summed E-state index contributed by atoms with van der Waals surface area (Å²) in [6.45, 7) is 0.388. The number of carbonyl (C=O) groups excluding carboxylic acids is 2. The van der Waals surface area contributed by atoms with E-state index in [1.54, 1.807) is 24.0 Å². The van der Waals surface area contributed by atoms with Gasteiger partial charge in [-0.25, -0.2) is 0 Å². The number of fused-ring (bicyclic) bond motifs is 4. The summed E-state index contributed by atoms with van der Waals surface area (Å²) in [5.41, 5.74) is 4.89. The highest BCUT2D eigenvalue weighted by molar-refractivity contribution is 5.97. The van der Waals surface area contributed by atoms with Gasteiger partial charge in [0, 0.05) is 29.6 Å². The number of para-hydroxylation sites is 1. The number of rotatable bonds is 5. The van der Waals surface area contributed by atoms with Crippen LogP contribution in [0.3, 0.4) is 0 Å². The van der Waals surface area contributed by atoms with Crippen molar-refractivity contribution in [1.29, 1.82) is 0 Å². The predicted molar refractivity (Wildman–Crippen MR) is 136 cm³/mol. The van der Waals surface area contributed by atoms with Crippen LogP contribution in [0.1, 0.15) is 28.4 Å². The van der Waals surface area contributed by atoms with Crippen LogP contribution in [-0.2, 0) is 22.6 Å². The zero-order valence-electron chi connectivity index (χ0n) is 20.2. The minimum absolute atomic E-state index is 0.0303. The highest BCUT2D eigenvalue weighted by atomic mass is 16.5. The van der Waals surface area contributed by atoms with Gasteiger partial charge >= 0.3 is 0 Å². The molecule has 0 unspecified atom stereocenters. The molecule has 3 heterocycles. The molecule has 1 fully saturated rings. The molecular weight excluding hydrogens is 454 g/mol. The first-order valence-corrected chi connectivity index (χ1v) is 12.0. The number of nitrogens with zero attached hydrogens (tertiary/aromatic N) is 2. The zero-order valence-corrected chi connectivity index (χ0v) is 20.2. The van der Waals surface area contributed by atoms with E-state index in [0.29, 0.717) is 18.7 Å². The SMILES string of the molecule is COc1cccc(CN2CC(=O)N3[C@@H](c4cccc(OC)c4)c4[nH]c5ccccc5c4C[C@H]3C2=O)c1. The van der Waals surface area contributed by atoms with Crippen LogP contribution in [0.4, 0.5) is 0 Å². The topological polar surface area (TPSA) is 74.9 Å². The van der Waals surface area contributed by atoms with Gasteiger partial charge in [-0.1, -0.05) is 42.5 Å². The summed E-state index contributed by atoms with van der Waals surface area (Å²) in [7, 11) is 3.25. The van der Waals surface area contributed by atoms with E-state index in [9.17, 15) is 9.59 Å². The average Bonchev–Trinajstić information content (AvgIpc) is 3.29. The minimum Gasteiger partial charge on any atom is -0.497 e. The summed E-state index contributed by atoms with van der Waals surface area (Å²) in [4.78, 5) is 34.6. The summed E-state index contributed by atoms with van der Waals surface area (Å²) in [5.74, 6) is 1.33. The van der Waals surface area contributed by atoms with Gasteiger partial charge in [-0.05, 0) is 47.0 Å². The van der Waals surface area contributed by atoms with E-state index in [0.717, 1.165) is 39.0 Å². The maximum Gasteiger partial charge on any atom is 0.246 e. The standard InChI is InChI=1S/C29H27N3O4/c1-35-20-9-5-7-18(13-20)16-31-17-26(33)32-25(29(31)34)15-23-22-11-3-4-12-24(22)30-27(23)28(32)19-8-6-10-21(14-19)36-2/h3-14,25,28,30H,15-17H2,1-2H3/t25-,28-/m0/s1. The van der Waals surface area contributed by atoms with Crippen molar-refractivity contribution in [3.05, 3.63) is 95.2 Å². The minimum atomic E-state index is -0.584. The smallest absolute Gasteiger partial charge is 0.246 e. The number of hydrogen-bond acceptors (Lipinski definition) is 4. The van der Waals surface area contributed by atoms with Crippen LogP contribution in [0.25, 0.3) is 10.9 Å². The molecule has 0 bridgehead atoms. The van der Waals surface area contributed by atoms with E-state index in [-0.39, 0.29) is 18.4 Å². The Kier molecular flexibility index (Phi) is 5.40. The molecule has 3 aromatic carbocycles. The number of aromatic amines is 1. The molecule has 2 aliphatic heterocycles. The number of aromatic nitrogens is 1. The van der Waals surface area contributed by atoms with Crippen LogP contribution in [0.2, 0.25) is 0 Å². The molecule has 2 atom stereocenters. The molecule has 182 valence electrons. The number of methoxy groups -OCH3 is 2. The summed E-state index contributed by atoms with van der Waals surface area (Å²) in [6.07, 6.45) is 0.471. The van der Waals surface area contributed by atoms with Gasteiger partial charge in [0.1, 0.15) is 24.1 Å². The molecule has 7 heteroatoms. The molecule has 6 rings (SSSR count). The van der Waals surface area contributed by atoms with E-state index in [1.807, 2.05) is 66.7 Å². The zero-order chi connectivity index (χ0) is 24.8. The molecule has 1 N–H and O–H groups in total. The predicted octanol–water partition coefficient (Wildman–Crippen LogP) is 4.07. The van der Waals surface area contributed by atoms with Crippen LogP contribution in [0.15, 0.2) is 72.8 Å². The quantitative estimate of drug-likeness (QED) is 0.466. The molecule has 1 aromatic heterocycles. The largest absolute Gasteiger partial charge is 0.497 e. The van der Waals surface area contributed by atoms with Gasteiger partial charge in [0.15, 0.2) is 0 Å². The summed E-state index contributed by atoms with van der Waals surface area (Å²) in [6, 6.07) is 22.5. The fourth-order valence-electron chi connectivity index (χ4n) is 5.61. The second kappa shape index (κ2) is 8.75. The lowest BCUT2D eigenvalue weighted by Gasteiger charge is -2.47. The lowest BCUT2D eigenvalue weighted by atomic mass is 9.86.